The second kappa shape index (κ2) is 11.0. The number of aromatic nitrogens is 3. The first-order valence-electron chi connectivity index (χ1n) is 13.6. The van der Waals surface area contributed by atoms with Crippen LogP contribution in [-0.4, -0.2) is 90.2 Å². The first-order valence-corrected chi connectivity index (χ1v) is 15.2. The lowest BCUT2D eigenvalue weighted by molar-refractivity contribution is 0.1000. The Morgan fingerprint density at radius 3 is 2.62 bits per heavy atom. The Morgan fingerprint density at radius 1 is 1.05 bits per heavy atom. The van der Waals surface area contributed by atoms with Gasteiger partial charge in [-0.15, -0.1) is 0 Å². The maximum atomic E-state index is 13.4. The molecular weight excluding hydrogens is 530 g/mol. The topological polar surface area (TPSA) is 138 Å². The summed E-state index contributed by atoms with van der Waals surface area (Å²) in [6, 6.07) is 10.7. The van der Waals surface area contributed by atoms with Gasteiger partial charge in [-0.3, -0.25) is 14.7 Å². The number of nitrogens with zero attached hydrogens (tertiary/aromatic N) is 5. The predicted octanol–water partition coefficient (Wildman–Crippen LogP) is 2.41. The minimum atomic E-state index is -3.44. The Labute approximate surface area is 233 Å². The molecule has 2 fully saturated rings. The standard InChI is InChI=1S/C28H33N7O4S/c29-27(36)21-3-5-22(6-4-21)39-18-20-2-1-11-35(17-20)40(37,38)19-33-12-14-34(15-13-33)25-8-10-30-24-16-32-28-23(26(24)25)7-9-31-28/h3-10,16,20H,1-2,11-15,17-19H2,(H2,29,36)(H,31,32). The Kier molecular flexibility index (Phi) is 7.30. The molecule has 12 heteroatoms. The molecule has 2 saturated heterocycles. The van der Waals surface area contributed by atoms with Gasteiger partial charge in [0.2, 0.25) is 15.9 Å². The van der Waals surface area contributed by atoms with Gasteiger partial charge in [-0.2, -0.15) is 0 Å². The molecule has 2 aliphatic heterocycles. The minimum absolute atomic E-state index is 0.0199. The molecule has 210 valence electrons. The molecule has 3 aromatic heterocycles. The van der Waals surface area contributed by atoms with Gasteiger partial charge in [0.1, 0.15) is 17.3 Å². The lowest BCUT2D eigenvalue weighted by atomic mass is 10.0. The van der Waals surface area contributed by atoms with Crippen LogP contribution in [0, 0.1) is 5.92 Å². The fraction of sp³-hybridized carbons (Fsp3) is 0.393. The first kappa shape index (κ1) is 26.5. The zero-order valence-corrected chi connectivity index (χ0v) is 23.0. The molecule has 40 heavy (non-hydrogen) atoms. The highest BCUT2D eigenvalue weighted by Crippen LogP contribution is 2.32. The molecule has 0 radical (unpaired) electrons. The number of fused-ring (bicyclic) bond motifs is 3. The molecule has 0 aliphatic carbocycles. The Morgan fingerprint density at radius 2 is 1.85 bits per heavy atom. The number of nitrogens with one attached hydrogen (secondary N) is 1. The third kappa shape index (κ3) is 5.47. The highest BCUT2D eigenvalue weighted by molar-refractivity contribution is 7.89. The van der Waals surface area contributed by atoms with Gasteiger partial charge < -0.3 is 20.4 Å². The molecular formula is C28H33N7O4S. The molecule has 3 N–H and O–H groups in total. The van der Waals surface area contributed by atoms with Crippen LogP contribution in [0.2, 0.25) is 0 Å². The summed E-state index contributed by atoms with van der Waals surface area (Å²) in [5.41, 5.74) is 8.49. The van der Waals surface area contributed by atoms with Crippen molar-refractivity contribution in [2.24, 2.45) is 11.7 Å². The quantitative estimate of drug-likeness (QED) is 0.333. The van der Waals surface area contributed by atoms with Gasteiger partial charge in [0.25, 0.3) is 0 Å². The number of primary amides is 1. The average Bonchev–Trinajstić information content (AvgIpc) is 3.46. The summed E-state index contributed by atoms with van der Waals surface area (Å²) < 4.78 is 34.3. The van der Waals surface area contributed by atoms with E-state index in [1.807, 2.05) is 23.2 Å². The zero-order valence-electron chi connectivity index (χ0n) is 22.2. The van der Waals surface area contributed by atoms with E-state index >= 15 is 0 Å². The molecule has 1 aromatic carbocycles. The largest absolute Gasteiger partial charge is 0.493 e. The van der Waals surface area contributed by atoms with Crippen LogP contribution in [0.15, 0.2) is 55.0 Å². The Balaban J connectivity index is 1.05. The third-order valence-corrected chi connectivity index (χ3v) is 9.64. The second-order valence-corrected chi connectivity index (χ2v) is 12.4. The van der Waals surface area contributed by atoms with Crippen LogP contribution in [0.3, 0.4) is 0 Å². The smallest absolute Gasteiger partial charge is 0.248 e. The number of hydrogen-bond acceptors (Lipinski definition) is 8. The highest BCUT2D eigenvalue weighted by Gasteiger charge is 2.32. The number of benzene rings is 1. The second-order valence-electron chi connectivity index (χ2n) is 10.5. The van der Waals surface area contributed by atoms with E-state index in [1.54, 1.807) is 41.0 Å². The van der Waals surface area contributed by atoms with Crippen molar-refractivity contribution in [3.8, 4) is 5.75 Å². The van der Waals surface area contributed by atoms with Gasteiger partial charge in [0.05, 0.1) is 18.3 Å². The van der Waals surface area contributed by atoms with Crippen LogP contribution in [0.4, 0.5) is 5.69 Å². The number of carbonyl (C=O) groups is 1. The van der Waals surface area contributed by atoms with Crippen molar-refractivity contribution in [3.05, 3.63) is 60.6 Å². The number of ether oxygens (including phenoxy) is 1. The lowest BCUT2D eigenvalue weighted by Gasteiger charge is -2.38. The van der Waals surface area contributed by atoms with Gasteiger partial charge in [0, 0.05) is 79.6 Å². The number of rotatable bonds is 8. The van der Waals surface area contributed by atoms with E-state index in [9.17, 15) is 13.2 Å². The van der Waals surface area contributed by atoms with E-state index < -0.39 is 15.9 Å². The SMILES string of the molecule is NC(=O)c1ccc(OCC2CCCN(S(=O)(=O)CN3CCN(c4ccnc5cnc6[nH]ccc6c45)CC3)C2)cc1. The number of anilines is 1. The van der Waals surface area contributed by atoms with Crippen LogP contribution in [-0.2, 0) is 10.0 Å². The van der Waals surface area contributed by atoms with Crippen molar-refractivity contribution in [3.63, 3.8) is 0 Å². The predicted molar refractivity (Wildman–Crippen MR) is 154 cm³/mol. The van der Waals surface area contributed by atoms with Crippen molar-refractivity contribution >= 4 is 43.6 Å². The van der Waals surface area contributed by atoms with Gasteiger partial charge >= 0.3 is 0 Å². The zero-order chi connectivity index (χ0) is 27.7. The number of amides is 1. The Hall–Kier alpha value is -3.74. The molecule has 2 aliphatic rings. The highest BCUT2D eigenvalue weighted by atomic mass is 32.2. The van der Waals surface area contributed by atoms with Gasteiger partial charge in [0.15, 0.2) is 0 Å². The summed E-state index contributed by atoms with van der Waals surface area (Å²) in [7, 11) is -3.44. The molecule has 1 atom stereocenters. The fourth-order valence-corrected chi connectivity index (χ4v) is 7.40. The van der Waals surface area contributed by atoms with E-state index in [0.717, 1.165) is 53.6 Å². The van der Waals surface area contributed by atoms with Crippen LogP contribution < -0.4 is 15.4 Å². The monoisotopic (exact) mass is 563 g/mol. The van der Waals surface area contributed by atoms with E-state index in [1.165, 1.54) is 0 Å². The number of aromatic amines is 1. The maximum absolute atomic E-state index is 13.4. The van der Waals surface area contributed by atoms with Crippen molar-refractivity contribution in [1.29, 1.82) is 0 Å². The third-order valence-electron chi connectivity index (χ3n) is 7.83. The molecule has 1 amide bonds. The first-order chi connectivity index (χ1) is 19.4. The summed E-state index contributed by atoms with van der Waals surface area (Å²) in [4.78, 5) is 27.7. The molecule has 0 spiro atoms. The number of piperazine rings is 1. The number of nitrogens with two attached hydrogens (primary N) is 1. The minimum Gasteiger partial charge on any atom is -0.493 e. The number of hydrogen-bond donors (Lipinski definition) is 2. The summed E-state index contributed by atoms with van der Waals surface area (Å²) in [6.45, 7) is 4.19. The van der Waals surface area contributed by atoms with Crippen LogP contribution in [0.5, 0.6) is 5.75 Å². The van der Waals surface area contributed by atoms with Crippen molar-refractivity contribution in [2.45, 2.75) is 12.8 Å². The van der Waals surface area contributed by atoms with Gasteiger partial charge in [-0.25, -0.2) is 17.7 Å². The normalized spacial score (nSPS) is 19.3. The van der Waals surface area contributed by atoms with Crippen LogP contribution >= 0.6 is 0 Å². The number of H-pyrrole nitrogens is 1. The summed E-state index contributed by atoms with van der Waals surface area (Å²) in [5, 5.41) is 2.11. The van der Waals surface area contributed by atoms with E-state index in [0.29, 0.717) is 44.1 Å². The van der Waals surface area contributed by atoms with Crippen molar-refractivity contribution in [2.75, 3.05) is 56.7 Å². The maximum Gasteiger partial charge on any atom is 0.248 e. The fourth-order valence-electron chi connectivity index (χ4n) is 5.67. The molecule has 6 rings (SSSR count). The average molecular weight is 564 g/mol. The van der Waals surface area contributed by atoms with Gasteiger partial charge in [-0.05, 0) is 49.2 Å². The lowest BCUT2D eigenvalue weighted by Crippen LogP contribution is -2.51. The summed E-state index contributed by atoms with van der Waals surface area (Å²) >= 11 is 0. The molecule has 4 aromatic rings. The van der Waals surface area contributed by atoms with E-state index in [-0.39, 0.29) is 11.8 Å². The summed E-state index contributed by atoms with van der Waals surface area (Å²) in [5.74, 6) is 0.281. The number of sulfonamides is 1. The molecule has 1 unspecified atom stereocenters. The molecule has 5 heterocycles. The van der Waals surface area contributed by atoms with Crippen LogP contribution in [0.1, 0.15) is 23.2 Å². The van der Waals surface area contributed by atoms with Crippen LogP contribution in [0.25, 0.3) is 21.9 Å². The molecule has 0 saturated carbocycles. The molecule has 0 bridgehead atoms. The van der Waals surface area contributed by atoms with Crippen molar-refractivity contribution in [1.82, 2.24) is 24.2 Å². The number of pyridine rings is 2. The molecule has 11 nitrogen and oxygen atoms in total. The number of piperidine rings is 1. The number of carbonyl (C=O) groups excluding carboxylic acids is 1. The van der Waals surface area contributed by atoms with Crippen molar-refractivity contribution < 1.29 is 17.9 Å². The summed E-state index contributed by atoms with van der Waals surface area (Å²) in [6.07, 6.45) is 7.20. The Bertz CT molecular complexity index is 1610. The van der Waals surface area contributed by atoms with E-state index in [4.69, 9.17) is 10.5 Å². The van der Waals surface area contributed by atoms with Gasteiger partial charge in [-0.1, -0.05) is 0 Å². The van der Waals surface area contributed by atoms with E-state index in [2.05, 4.69) is 19.9 Å².